The molecular formula is C41H39N3. The lowest BCUT2D eigenvalue weighted by atomic mass is 9.88. The van der Waals surface area contributed by atoms with Crippen molar-refractivity contribution < 1.29 is 0 Å². The Morgan fingerprint density at radius 2 is 1.11 bits per heavy atom. The monoisotopic (exact) mass is 573 g/mol. The van der Waals surface area contributed by atoms with Crippen molar-refractivity contribution in [3.8, 4) is 28.2 Å². The lowest BCUT2D eigenvalue weighted by Gasteiger charge is -2.24. The number of imidazole rings is 1. The zero-order valence-corrected chi connectivity index (χ0v) is 26.5. The fourth-order valence-corrected chi connectivity index (χ4v) is 6.62. The highest BCUT2D eigenvalue weighted by Crippen LogP contribution is 2.41. The molecule has 5 aromatic carbocycles. The molecule has 3 nitrogen and oxygen atoms in total. The van der Waals surface area contributed by atoms with Gasteiger partial charge in [-0.1, -0.05) is 120 Å². The topological polar surface area (TPSA) is 30.7 Å². The molecule has 0 unspecified atom stereocenters. The Labute approximate surface area is 260 Å². The summed E-state index contributed by atoms with van der Waals surface area (Å²) in [5, 5.41) is 3.66. The minimum atomic E-state index is 0.318. The molecule has 44 heavy (non-hydrogen) atoms. The van der Waals surface area contributed by atoms with Gasteiger partial charge in [0, 0.05) is 16.3 Å². The maximum Gasteiger partial charge on any atom is 0.145 e. The summed E-state index contributed by atoms with van der Waals surface area (Å²) in [6.07, 6.45) is 0. The smallest absolute Gasteiger partial charge is 0.145 e. The van der Waals surface area contributed by atoms with Crippen LogP contribution in [-0.4, -0.2) is 14.5 Å². The molecule has 0 saturated carbocycles. The Morgan fingerprint density at radius 3 is 1.80 bits per heavy atom. The fraction of sp³-hybridized carbons (Fsp3) is 0.220. The molecule has 2 aromatic heterocycles. The van der Waals surface area contributed by atoms with Gasteiger partial charge in [-0.15, -0.1) is 0 Å². The Morgan fingerprint density at radius 1 is 0.477 bits per heavy atom. The van der Waals surface area contributed by atoms with Gasteiger partial charge >= 0.3 is 0 Å². The molecule has 0 aliphatic carbocycles. The van der Waals surface area contributed by atoms with Gasteiger partial charge in [0.15, 0.2) is 0 Å². The standard InChI is InChI=1S/C41H39N3/c1-25(2)34-22-30(28-14-8-7-9-15-28)23-35(26(3)4)40(34)44-38-19-13-12-18-36(38)43-41(44)29-20-21-32-31-16-10-11-17-33(31)39(27(5)6)42-37(32)24-29/h7-27H,1-6H3. The van der Waals surface area contributed by atoms with Crippen LogP contribution in [0, 0.1) is 0 Å². The highest BCUT2D eigenvalue weighted by molar-refractivity contribution is 6.07. The van der Waals surface area contributed by atoms with Gasteiger partial charge in [0.2, 0.25) is 0 Å². The molecular weight excluding hydrogens is 534 g/mol. The Balaban J connectivity index is 1.54. The van der Waals surface area contributed by atoms with Crippen LogP contribution in [0.1, 0.15) is 76.1 Å². The number of rotatable bonds is 6. The summed E-state index contributed by atoms with van der Waals surface area (Å²) in [4.78, 5) is 10.5. The number of benzene rings is 5. The molecule has 0 saturated heterocycles. The van der Waals surface area contributed by atoms with Crippen LogP contribution in [-0.2, 0) is 0 Å². The van der Waals surface area contributed by atoms with E-state index in [1.54, 1.807) is 0 Å². The number of para-hydroxylation sites is 2. The van der Waals surface area contributed by atoms with E-state index in [4.69, 9.17) is 9.97 Å². The van der Waals surface area contributed by atoms with Crippen molar-refractivity contribution in [1.29, 1.82) is 0 Å². The molecule has 7 rings (SSSR count). The van der Waals surface area contributed by atoms with E-state index < -0.39 is 0 Å². The van der Waals surface area contributed by atoms with Gasteiger partial charge in [0.05, 0.1) is 27.9 Å². The van der Waals surface area contributed by atoms with Gasteiger partial charge in [-0.2, -0.15) is 0 Å². The first-order chi connectivity index (χ1) is 21.3. The highest BCUT2D eigenvalue weighted by atomic mass is 15.1. The maximum absolute atomic E-state index is 5.30. The van der Waals surface area contributed by atoms with Gasteiger partial charge in [-0.25, -0.2) is 4.98 Å². The molecule has 0 N–H and O–H groups in total. The first kappa shape index (κ1) is 28.0. The summed E-state index contributed by atoms with van der Waals surface area (Å²) in [6, 6.07) is 39.4. The Kier molecular flexibility index (Phi) is 7.05. The molecule has 0 radical (unpaired) electrons. The van der Waals surface area contributed by atoms with Crippen LogP contribution >= 0.6 is 0 Å². The summed E-state index contributed by atoms with van der Waals surface area (Å²) in [6.45, 7) is 13.7. The zero-order valence-electron chi connectivity index (χ0n) is 26.5. The molecule has 0 fully saturated rings. The largest absolute Gasteiger partial charge is 0.292 e. The molecule has 0 bridgehead atoms. The normalized spacial score (nSPS) is 12.0. The van der Waals surface area contributed by atoms with E-state index in [1.807, 2.05) is 0 Å². The van der Waals surface area contributed by atoms with Crippen LogP contribution < -0.4 is 0 Å². The third-order valence-electron chi connectivity index (χ3n) is 8.84. The van der Waals surface area contributed by atoms with E-state index in [0.29, 0.717) is 17.8 Å². The molecule has 0 amide bonds. The Bertz CT molecular complexity index is 2120. The molecule has 0 aliphatic rings. The number of pyridine rings is 1. The Hall–Kier alpha value is -4.76. The number of fused-ring (bicyclic) bond motifs is 4. The summed E-state index contributed by atoms with van der Waals surface area (Å²) in [5.74, 6) is 1.91. The van der Waals surface area contributed by atoms with Crippen LogP contribution in [0.15, 0.2) is 109 Å². The van der Waals surface area contributed by atoms with Crippen LogP contribution in [0.4, 0.5) is 0 Å². The maximum atomic E-state index is 5.30. The average molecular weight is 574 g/mol. The van der Waals surface area contributed by atoms with E-state index in [-0.39, 0.29) is 0 Å². The van der Waals surface area contributed by atoms with E-state index in [1.165, 1.54) is 44.1 Å². The molecule has 0 atom stereocenters. The fourth-order valence-electron chi connectivity index (χ4n) is 6.62. The average Bonchev–Trinajstić information content (AvgIpc) is 3.43. The van der Waals surface area contributed by atoms with Gasteiger partial charge in [-0.05, 0) is 75.7 Å². The molecule has 0 aliphatic heterocycles. The second-order valence-electron chi connectivity index (χ2n) is 12.9. The van der Waals surface area contributed by atoms with E-state index >= 15 is 0 Å². The van der Waals surface area contributed by atoms with Gasteiger partial charge in [0.25, 0.3) is 0 Å². The van der Waals surface area contributed by atoms with E-state index in [0.717, 1.165) is 33.6 Å². The van der Waals surface area contributed by atoms with Crippen LogP contribution in [0.25, 0.3) is 60.9 Å². The first-order valence-electron chi connectivity index (χ1n) is 15.9. The quantitative estimate of drug-likeness (QED) is 0.185. The highest BCUT2D eigenvalue weighted by Gasteiger charge is 2.24. The molecule has 218 valence electrons. The summed E-state index contributed by atoms with van der Waals surface area (Å²) in [7, 11) is 0. The molecule has 7 aromatic rings. The van der Waals surface area contributed by atoms with Crippen LogP contribution in [0.2, 0.25) is 0 Å². The number of hydrogen-bond acceptors (Lipinski definition) is 2. The predicted molar refractivity (Wildman–Crippen MR) is 187 cm³/mol. The second-order valence-corrected chi connectivity index (χ2v) is 12.9. The number of aromatic nitrogens is 3. The van der Waals surface area contributed by atoms with Gasteiger partial charge in [-0.3, -0.25) is 9.55 Å². The summed E-state index contributed by atoms with van der Waals surface area (Å²) >= 11 is 0. The minimum Gasteiger partial charge on any atom is -0.292 e. The third kappa shape index (κ3) is 4.68. The van der Waals surface area contributed by atoms with Crippen molar-refractivity contribution >= 4 is 32.7 Å². The SMILES string of the molecule is CC(C)c1cc(-c2ccccc2)cc(C(C)C)c1-n1c(-c2ccc3c(c2)nc(C(C)C)c2ccccc23)nc2ccccc21. The van der Waals surface area contributed by atoms with E-state index in [9.17, 15) is 0 Å². The molecule has 3 heteroatoms. The van der Waals surface area contributed by atoms with Crippen molar-refractivity contribution in [2.75, 3.05) is 0 Å². The molecule has 0 spiro atoms. The summed E-state index contributed by atoms with van der Waals surface area (Å²) in [5.41, 5.74) is 11.7. The van der Waals surface area contributed by atoms with Crippen molar-refractivity contribution in [3.05, 3.63) is 126 Å². The summed E-state index contributed by atoms with van der Waals surface area (Å²) < 4.78 is 2.42. The van der Waals surface area contributed by atoms with Crippen LogP contribution in [0.3, 0.4) is 0 Å². The lowest BCUT2D eigenvalue weighted by molar-refractivity contribution is 0.811. The third-order valence-corrected chi connectivity index (χ3v) is 8.84. The number of nitrogens with zero attached hydrogens (tertiary/aromatic N) is 3. The van der Waals surface area contributed by atoms with Gasteiger partial charge in [0.1, 0.15) is 5.82 Å². The number of hydrogen-bond donors (Lipinski definition) is 0. The zero-order chi connectivity index (χ0) is 30.5. The van der Waals surface area contributed by atoms with Crippen LogP contribution in [0.5, 0.6) is 0 Å². The lowest BCUT2D eigenvalue weighted by Crippen LogP contribution is -2.09. The van der Waals surface area contributed by atoms with Crippen molar-refractivity contribution in [1.82, 2.24) is 14.5 Å². The van der Waals surface area contributed by atoms with E-state index in [2.05, 4.69) is 155 Å². The van der Waals surface area contributed by atoms with Gasteiger partial charge < -0.3 is 0 Å². The van der Waals surface area contributed by atoms with Crippen molar-refractivity contribution in [3.63, 3.8) is 0 Å². The first-order valence-corrected chi connectivity index (χ1v) is 15.9. The molecule has 2 heterocycles. The van der Waals surface area contributed by atoms with Crippen molar-refractivity contribution in [2.45, 2.75) is 59.3 Å². The second kappa shape index (κ2) is 11.1. The minimum absolute atomic E-state index is 0.318. The predicted octanol–water partition coefficient (Wildman–Crippen LogP) is 11.4. The van der Waals surface area contributed by atoms with Crippen molar-refractivity contribution in [2.24, 2.45) is 0 Å².